The summed E-state index contributed by atoms with van der Waals surface area (Å²) in [5.41, 5.74) is 0. The van der Waals surface area contributed by atoms with Crippen molar-refractivity contribution in [2.24, 2.45) is 17.8 Å². The molecule has 0 aromatic heterocycles. The molecule has 41 heavy (non-hydrogen) atoms. The summed E-state index contributed by atoms with van der Waals surface area (Å²) >= 11 is -2.47. The minimum absolute atomic E-state index is 0.203. The number of unbranched alkanes of at least 4 members (excludes halogenated alkanes) is 6. The summed E-state index contributed by atoms with van der Waals surface area (Å²) in [6.45, 7) is 16.6. The van der Waals surface area contributed by atoms with E-state index < -0.39 is 15.6 Å². The van der Waals surface area contributed by atoms with E-state index in [1.54, 1.807) is 26.8 Å². The molecule has 1 radical (unpaired) electrons. The Morgan fingerprint density at radius 3 is 1.27 bits per heavy atom. The molecule has 0 saturated carbocycles. The summed E-state index contributed by atoms with van der Waals surface area (Å²) in [5.74, 6) is 2.02. The monoisotopic (exact) mass is 743 g/mol. The fraction of sp³-hybridized carbons (Fsp3) is 0.903. The van der Waals surface area contributed by atoms with Gasteiger partial charge in [-0.3, -0.25) is 0 Å². The molecule has 0 aliphatic carbocycles. The molecule has 0 bridgehead atoms. The molecule has 0 heterocycles. The average Bonchev–Trinajstić information content (AvgIpc) is 2.90. The fourth-order valence-electron chi connectivity index (χ4n) is 3.78. The molecule has 0 aliphatic rings. The maximum absolute atomic E-state index is 12.6. The van der Waals surface area contributed by atoms with Crippen molar-refractivity contribution in [3.05, 3.63) is 0 Å². The first-order valence-corrected chi connectivity index (χ1v) is 29.1. The van der Waals surface area contributed by atoms with Crippen LogP contribution in [0.3, 0.4) is 0 Å². The first-order chi connectivity index (χ1) is 19.5. The van der Waals surface area contributed by atoms with Crippen LogP contribution in [0.15, 0.2) is 0 Å². The zero-order valence-electron chi connectivity index (χ0n) is 27.0. The molecule has 0 aromatic rings. The van der Waals surface area contributed by atoms with Gasteiger partial charge in [0.2, 0.25) is 0 Å². The van der Waals surface area contributed by atoms with Gasteiger partial charge in [0.05, 0.1) is 0 Å². The summed E-state index contributed by atoms with van der Waals surface area (Å²) in [7, 11) is 4.81. The van der Waals surface area contributed by atoms with E-state index in [2.05, 4.69) is 41.5 Å². The molecule has 0 rings (SSSR count). The fourth-order valence-corrected chi connectivity index (χ4v) is 29.3. The van der Waals surface area contributed by atoms with Crippen molar-refractivity contribution in [3.63, 3.8) is 0 Å². The van der Waals surface area contributed by atoms with Crippen molar-refractivity contribution in [3.8, 4) is 0 Å². The predicted octanol–water partition coefficient (Wildman–Crippen LogP) is 8.84. The van der Waals surface area contributed by atoms with Gasteiger partial charge in [-0.15, -0.1) is 0 Å². The topological polar surface area (TPSA) is 78.9 Å². The Morgan fingerprint density at radius 1 is 0.537 bits per heavy atom. The third-order valence-electron chi connectivity index (χ3n) is 6.27. The molecule has 1 atom stereocenters. The summed E-state index contributed by atoms with van der Waals surface area (Å²) in [5, 5.41) is -0.311. The predicted molar refractivity (Wildman–Crippen MR) is 181 cm³/mol. The van der Waals surface area contributed by atoms with Gasteiger partial charge < -0.3 is 0 Å². The van der Waals surface area contributed by atoms with E-state index in [1.807, 2.05) is 6.92 Å². The Kier molecular flexibility index (Phi) is 28.0. The van der Waals surface area contributed by atoms with E-state index in [4.69, 9.17) is 14.2 Å². The SMILES string of the molecule is CC(C)CCCCCOC(=O)C[S][Sn]([S]CC(=O)OCCCCCC(C)C)[S]C(C)C(=O)OCCCCCC(C)C. The van der Waals surface area contributed by atoms with Gasteiger partial charge in [-0.05, 0) is 0 Å². The van der Waals surface area contributed by atoms with Crippen LogP contribution in [0.4, 0.5) is 0 Å². The molecule has 0 saturated heterocycles. The van der Waals surface area contributed by atoms with Gasteiger partial charge in [0.1, 0.15) is 0 Å². The first-order valence-electron chi connectivity index (χ1n) is 15.8. The van der Waals surface area contributed by atoms with E-state index >= 15 is 0 Å². The Balaban J connectivity index is 4.56. The van der Waals surface area contributed by atoms with Crippen molar-refractivity contribution in [1.29, 1.82) is 0 Å². The number of hydrogen-bond acceptors (Lipinski definition) is 9. The number of ether oxygens (including phenoxy) is 3. The Bertz CT molecular complexity index is 642. The molecule has 0 N–H and O–H groups in total. The number of carbonyl (C=O) groups is 3. The molecule has 0 aromatic carbocycles. The second-order valence-corrected chi connectivity index (χ2v) is 35.8. The van der Waals surface area contributed by atoms with Crippen LogP contribution in [0.1, 0.15) is 126 Å². The third kappa shape index (κ3) is 28.8. The standard InChI is InChI=1S/C11H22O2S.2C10H20O2S.Sn/c1-9(2)7-5-4-6-8-13-11(12)10(3)14;2*1-9(2)6-4-3-5-7-12-10(11)8-13;/h9-10,14H,4-8H2,1-3H3;2*9,13H,3-8H2,1-2H3;/q;;;+3/p-3. The number of hydrogen-bond donors (Lipinski definition) is 0. The molecular formula is C31H59O6S3Sn. The van der Waals surface area contributed by atoms with Gasteiger partial charge in [0.15, 0.2) is 0 Å². The third-order valence-corrected chi connectivity index (χ3v) is 32.8. The second-order valence-electron chi connectivity index (χ2n) is 11.9. The van der Waals surface area contributed by atoms with Crippen LogP contribution in [0.25, 0.3) is 0 Å². The van der Waals surface area contributed by atoms with E-state index in [-0.39, 0.29) is 34.7 Å². The van der Waals surface area contributed by atoms with Gasteiger partial charge in [0.25, 0.3) is 0 Å². The van der Waals surface area contributed by atoms with Crippen LogP contribution in [0, 0.1) is 17.8 Å². The van der Waals surface area contributed by atoms with Crippen LogP contribution in [-0.2, 0) is 28.6 Å². The minimum atomic E-state index is -2.47. The van der Waals surface area contributed by atoms with Crippen molar-refractivity contribution in [2.45, 2.75) is 131 Å². The van der Waals surface area contributed by atoms with Crippen LogP contribution >= 0.6 is 26.8 Å². The summed E-state index contributed by atoms with van der Waals surface area (Å²) in [4.78, 5) is 37.4. The molecule has 0 aliphatic heterocycles. The van der Waals surface area contributed by atoms with Crippen molar-refractivity contribution in [1.82, 2.24) is 0 Å². The summed E-state index contributed by atoms with van der Waals surface area (Å²) < 4.78 is 16.4. The molecule has 0 amide bonds. The van der Waals surface area contributed by atoms with Crippen LogP contribution in [0.2, 0.25) is 0 Å². The number of esters is 3. The molecule has 0 fully saturated rings. The Hall–Kier alpha value is 0.259. The summed E-state index contributed by atoms with van der Waals surface area (Å²) in [6, 6.07) is 0. The van der Waals surface area contributed by atoms with E-state index in [0.29, 0.717) is 37.6 Å². The van der Waals surface area contributed by atoms with E-state index in [0.717, 1.165) is 57.8 Å². The molecular weight excluding hydrogens is 683 g/mol. The van der Waals surface area contributed by atoms with Crippen molar-refractivity contribution < 1.29 is 28.6 Å². The van der Waals surface area contributed by atoms with Gasteiger partial charge >= 0.3 is 269 Å². The second kappa shape index (κ2) is 27.8. The number of rotatable bonds is 27. The Morgan fingerprint density at radius 2 is 0.902 bits per heavy atom. The molecule has 241 valence electrons. The van der Waals surface area contributed by atoms with Gasteiger partial charge in [-0.2, -0.15) is 0 Å². The average molecular weight is 743 g/mol. The van der Waals surface area contributed by atoms with Gasteiger partial charge in [-0.1, -0.05) is 0 Å². The quantitative estimate of drug-likeness (QED) is 0.0355. The Labute approximate surface area is 267 Å². The summed E-state index contributed by atoms with van der Waals surface area (Å²) in [6.07, 6.45) is 13.0. The maximum atomic E-state index is 12.6. The zero-order chi connectivity index (χ0) is 30.9. The van der Waals surface area contributed by atoms with E-state index in [9.17, 15) is 14.4 Å². The van der Waals surface area contributed by atoms with Crippen LogP contribution in [-0.4, -0.2) is 70.1 Å². The zero-order valence-corrected chi connectivity index (χ0v) is 32.3. The molecule has 10 heteroatoms. The normalized spacial score (nSPS) is 12.4. The van der Waals surface area contributed by atoms with E-state index in [1.165, 1.54) is 19.3 Å². The number of carbonyl (C=O) groups excluding carboxylic acids is 3. The van der Waals surface area contributed by atoms with Crippen LogP contribution < -0.4 is 0 Å². The molecule has 6 nitrogen and oxygen atoms in total. The van der Waals surface area contributed by atoms with Gasteiger partial charge in [0, 0.05) is 0 Å². The van der Waals surface area contributed by atoms with Crippen molar-refractivity contribution in [2.75, 3.05) is 31.3 Å². The molecule has 0 spiro atoms. The van der Waals surface area contributed by atoms with Gasteiger partial charge in [-0.25, -0.2) is 0 Å². The van der Waals surface area contributed by atoms with Crippen LogP contribution in [0.5, 0.6) is 0 Å². The molecule has 1 unspecified atom stereocenters. The first kappa shape index (κ1) is 41.3. The van der Waals surface area contributed by atoms with Crippen molar-refractivity contribution >= 4 is 60.4 Å².